The number of carbonyl (C=O) groups is 1. The van der Waals surface area contributed by atoms with Crippen LogP contribution >= 0.6 is 15.9 Å². The molecule has 1 aromatic rings. The molecule has 3 nitrogen and oxygen atoms in total. The maximum absolute atomic E-state index is 11.6. The molecule has 0 saturated carbocycles. The number of rotatable bonds is 2. The van der Waals surface area contributed by atoms with Gasteiger partial charge in [-0.1, -0.05) is 35.0 Å². The normalized spacial score (nSPS) is 27.8. The number of carbonyl (C=O) groups excluding carboxylic acids is 1. The molecule has 3 atom stereocenters. The maximum Gasteiger partial charge on any atom is 0.322 e. The first-order valence-electron chi connectivity index (χ1n) is 6.21. The first-order chi connectivity index (χ1) is 8.61. The highest BCUT2D eigenvalue weighted by molar-refractivity contribution is 9.10. The summed E-state index contributed by atoms with van der Waals surface area (Å²) in [5.41, 5.74) is 1.22. The number of methoxy groups -OCH3 is 1. The number of nitrogens with one attached hydrogen (secondary N) is 1. The van der Waals surface area contributed by atoms with E-state index in [2.05, 4.69) is 40.3 Å². The molecule has 0 aliphatic carbocycles. The third-order valence-electron chi connectivity index (χ3n) is 3.58. The van der Waals surface area contributed by atoms with Crippen LogP contribution in [0.2, 0.25) is 0 Å². The molecule has 1 aromatic carbocycles. The summed E-state index contributed by atoms with van der Waals surface area (Å²) in [4.78, 5) is 11.6. The van der Waals surface area contributed by atoms with Crippen molar-refractivity contribution in [1.29, 1.82) is 0 Å². The minimum atomic E-state index is -0.181. The summed E-state index contributed by atoms with van der Waals surface area (Å²) in [6.07, 6.45) is 1.88. The van der Waals surface area contributed by atoms with Crippen LogP contribution in [0, 0.1) is 5.92 Å². The molecular formula is C14H18BrNO2. The van der Waals surface area contributed by atoms with Gasteiger partial charge in [-0.15, -0.1) is 0 Å². The second kappa shape index (κ2) is 5.85. The molecule has 0 aromatic heterocycles. The summed E-state index contributed by atoms with van der Waals surface area (Å²) in [6, 6.07) is 8.29. The van der Waals surface area contributed by atoms with Crippen molar-refractivity contribution < 1.29 is 9.53 Å². The Hall–Kier alpha value is -0.870. The van der Waals surface area contributed by atoms with Crippen LogP contribution in [-0.4, -0.2) is 19.1 Å². The molecule has 1 N–H and O–H groups in total. The lowest BCUT2D eigenvalue weighted by Crippen LogP contribution is -2.46. The van der Waals surface area contributed by atoms with Crippen LogP contribution in [0.5, 0.6) is 0 Å². The Labute approximate surface area is 116 Å². The predicted octanol–water partition coefficient (Wildman–Crippen LogP) is 3.05. The Kier molecular flexibility index (Phi) is 4.40. The number of ether oxygens (including phenoxy) is 1. The SMILES string of the molecule is COC(=O)[C@@H]1CC[C@H](C)[C@@H](c2ccc(Br)cc2)N1. The summed E-state index contributed by atoms with van der Waals surface area (Å²) >= 11 is 3.44. The van der Waals surface area contributed by atoms with Gasteiger partial charge in [0.15, 0.2) is 0 Å². The summed E-state index contributed by atoms with van der Waals surface area (Å²) in [5.74, 6) is 0.357. The molecule has 1 heterocycles. The quantitative estimate of drug-likeness (QED) is 0.853. The minimum Gasteiger partial charge on any atom is -0.468 e. The van der Waals surface area contributed by atoms with E-state index < -0.39 is 0 Å². The van der Waals surface area contributed by atoms with Gasteiger partial charge in [0, 0.05) is 10.5 Å². The fourth-order valence-corrected chi connectivity index (χ4v) is 2.75. The van der Waals surface area contributed by atoms with E-state index in [1.807, 2.05) is 12.1 Å². The van der Waals surface area contributed by atoms with E-state index in [-0.39, 0.29) is 18.1 Å². The van der Waals surface area contributed by atoms with Gasteiger partial charge in [-0.3, -0.25) is 10.1 Å². The van der Waals surface area contributed by atoms with Crippen molar-refractivity contribution in [1.82, 2.24) is 5.32 Å². The zero-order chi connectivity index (χ0) is 13.1. The van der Waals surface area contributed by atoms with Gasteiger partial charge < -0.3 is 4.74 Å². The van der Waals surface area contributed by atoms with Crippen LogP contribution in [0.25, 0.3) is 0 Å². The van der Waals surface area contributed by atoms with E-state index in [0.717, 1.165) is 17.3 Å². The molecule has 1 aliphatic rings. The van der Waals surface area contributed by atoms with Crippen LogP contribution in [-0.2, 0) is 9.53 Å². The Morgan fingerprint density at radius 2 is 2.00 bits per heavy atom. The number of halogens is 1. The standard InChI is InChI=1S/C14H18BrNO2/c1-9-3-8-12(14(17)18-2)16-13(9)10-4-6-11(15)7-5-10/h4-7,9,12-13,16H,3,8H2,1-2H3/t9-,12-,13-/m0/s1. The predicted molar refractivity (Wildman–Crippen MR) is 74.2 cm³/mol. The van der Waals surface area contributed by atoms with Crippen molar-refractivity contribution in [2.45, 2.75) is 31.8 Å². The second-order valence-electron chi connectivity index (χ2n) is 4.83. The summed E-state index contributed by atoms with van der Waals surface area (Å²) < 4.78 is 5.89. The van der Waals surface area contributed by atoms with E-state index in [4.69, 9.17) is 4.74 Å². The first-order valence-corrected chi connectivity index (χ1v) is 7.00. The highest BCUT2D eigenvalue weighted by Gasteiger charge is 2.32. The van der Waals surface area contributed by atoms with Crippen LogP contribution in [0.1, 0.15) is 31.4 Å². The van der Waals surface area contributed by atoms with Gasteiger partial charge in [0.2, 0.25) is 0 Å². The van der Waals surface area contributed by atoms with Crippen LogP contribution in [0.15, 0.2) is 28.7 Å². The van der Waals surface area contributed by atoms with Gasteiger partial charge in [0.25, 0.3) is 0 Å². The molecule has 18 heavy (non-hydrogen) atoms. The Morgan fingerprint density at radius 3 is 2.61 bits per heavy atom. The van der Waals surface area contributed by atoms with Crippen LogP contribution < -0.4 is 5.32 Å². The van der Waals surface area contributed by atoms with Crippen molar-refractivity contribution in [3.63, 3.8) is 0 Å². The van der Waals surface area contributed by atoms with E-state index in [0.29, 0.717) is 5.92 Å². The average Bonchev–Trinajstić information content (AvgIpc) is 2.39. The summed E-state index contributed by atoms with van der Waals surface area (Å²) in [5, 5.41) is 3.40. The van der Waals surface area contributed by atoms with Crippen molar-refractivity contribution >= 4 is 21.9 Å². The van der Waals surface area contributed by atoms with Crippen molar-refractivity contribution in [2.75, 3.05) is 7.11 Å². The fourth-order valence-electron chi connectivity index (χ4n) is 2.48. The van der Waals surface area contributed by atoms with Gasteiger partial charge in [0.1, 0.15) is 6.04 Å². The number of piperidine rings is 1. The molecule has 0 bridgehead atoms. The molecule has 0 unspecified atom stereocenters. The summed E-state index contributed by atoms with van der Waals surface area (Å²) in [6.45, 7) is 2.22. The third-order valence-corrected chi connectivity index (χ3v) is 4.10. The molecule has 0 amide bonds. The number of hydrogen-bond acceptors (Lipinski definition) is 3. The molecule has 0 radical (unpaired) electrons. The van der Waals surface area contributed by atoms with Gasteiger partial charge >= 0.3 is 5.97 Å². The van der Waals surface area contributed by atoms with E-state index in [1.54, 1.807) is 0 Å². The summed E-state index contributed by atoms with van der Waals surface area (Å²) in [7, 11) is 1.44. The minimum absolute atomic E-state index is 0.163. The van der Waals surface area contributed by atoms with E-state index in [9.17, 15) is 4.79 Å². The lowest BCUT2D eigenvalue weighted by atomic mass is 9.85. The van der Waals surface area contributed by atoms with Crippen molar-refractivity contribution in [2.24, 2.45) is 5.92 Å². The van der Waals surface area contributed by atoms with Gasteiger partial charge in [-0.2, -0.15) is 0 Å². The fraction of sp³-hybridized carbons (Fsp3) is 0.500. The molecule has 2 rings (SSSR count). The Balaban J connectivity index is 2.14. The topological polar surface area (TPSA) is 38.3 Å². The molecular weight excluding hydrogens is 294 g/mol. The van der Waals surface area contributed by atoms with Gasteiger partial charge in [-0.05, 0) is 36.5 Å². The largest absolute Gasteiger partial charge is 0.468 e. The molecule has 1 fully saturated rings. The monoisotopic (exact) mass is 311 g/mol. The number of hydrogen-bond donors (Lipinski definition) is 1. The maximum atomic E-state index is 11.6. The highest BCUT2D eigenvalue weighted by Crippen LogP contribution is 2.31. The molecule has 4 heteroatoms. The number of esters is 1. The second-order valence-corrected chi connectivity index (χ2v) is 5.74. The smallest absolute Gasteiger partial charge is 0.322 e. The van der Waals surface area contributed by atoms with Crippen molar-refractivity contribution in [3.05, 3.63) is 34.3 Å². The Bertz CT molecular complexity index is 418. The molecule has 1 aliphatic heterocycles. The zero-order valence-electron chi connectivity index (χ0n) is 10.7. The van der Waals surface area contributed by atoms with Gasteiger partial charge in [0.05, 0.1) is 7.11 Å². The zero-order valence-corrected chi connectivity index (χ0v) is 12.2. The van der Waals surface area contributed by atoms with Crippen molar-refractivity contribution in [3.8, 4) is 0 Å². The third kappa shape index (κ3) is 2.93. The van der Waals surface area contributed by atoms with Crippen LogP contribution in [0.4, 0.5) is 0 Å². The molecule has 98 valence electrons. The lowest BCUT2D eigenvalue weighted by Gasteiger charge is -2.34. The molecule has 0 spiro atoms. The van der Waals surface area contributed by atoms with E-state index >= 15 is 0 Å². The first kappa shape index (κ1) is 13.6. The average molecular weight is 312 g/mol. The molecule has 1 saturated heterocycles. The van der Waals surface area contributed by atoms with Crippen LogP contribution in [0.3, 0.4) is 0 Å². The number of benzene rings is 1. The lowest BCUT2D eigenvalue weighted by molar-refractivity contribution is -0.144. The van der Waals surface area contributed by atoms with Gasteiger partial charge in [-0.25, -0.2) is 0 Å². The Morgan fingerprint density at radius 1 is 1.33 bits per heavy atom. The van der Waals surface area contributed by atoms with E-state index in [1.165, 1.54) is 12.7 Å². The highest BCUT2D eigenvalue weighted by atomic mass is 79.9.